The fourth-order valence-electron chi connectivity index (χ4n) is 7.64. The molecule has 2 bridgehead atoms. The van der Waals surface area contributed by atoms with E-state index in [0.29, 0.717) is 17.2 Å². The molecule has 220 valence electrons. The molecule has 42 heavy (non-hydrogen) atoms. The van der Waals surface area contributed by atoms with Crippen molar-refractivity contribution in [2.24, 2.45) is 11.8 Å². The van der Waals surface area contributed by atoms with Crippen molar-refractivity contribution in [1.82, 2.24) is 10.2 Å². The van der Waals surface area contributed by atoms with Crippen LogP contribution in [0.15, 0.2) is 54.6 Å². The van der Waals surface area contributed by atoms with Gasteiger partial charge in [-0.25, -0.2) is 0 Å². The number of fused-ring (bicyclic) bond motifs is 2. The predicted octanol–water partition coefficient (Wildman–Crippen LogP) is 3.68. The molecule has 3 fully saturated rings. The molecule has 4 aliphatic heterocycles. The molecular weight excluding hydrogens is 534 g/mol. The van der Waals surface area contributed by atoms with Crippen molar-refractivity contribution in [1.29, 1.82) is 0 Å². The molecule has 0 aromatic heterocycles. The van der Waals surface area contributed by atoms with Crippen molar-refractivity contribution in [2.45, 2.75) is 75.8 Å². The van der Waals surface area contributed by atoms with Crippen molar-refractivity contribution < 1.29 is 28.6 Å². The Morgan fingerprint density at radius 1 is 1.00 bits per heavy atom. The van der Waals surface area contributed by atoms with Gasteiger partial charge in [0.2, 0.25) is 17.7 Å². The fourth-order valence-corrected chi connectivity index (χ4v) is 7.64. The van der Waals surface area contributed by atoms with E-state index in [-0.39, 0.29) is 36.9 Å². The number of carbonyl (C=O) groups excluding carboxylic acids is 3. The monoisotopic (exact) mass is 571 g/mol. The largest absolute Gasteiger partial charge is 0.486 e. The molecule has 7 rings (SSSR count). The Hall–Kier alpha value is -3.85. The third-order valence-electron chi connectivity index (χ3n) is 9.33. The first-order valence-corrected chi connectivity index (χ1v) is 15.1. The lowest BCUT2D eigenvalue weighted by molar-refractivity contribution is -0.143. The molecule has 1 saturated carbocycles. The Kier molecular flexibility index (Phi) is 6.72. The summed E-state index contributed by atoms with van der Waals surface area (Å²) in [7, 11) is 0. The van der Waals surface area contributed by atoms with Gasteiger partial charge in [0.25, 0.3) is 0 Å². The van der Waals surface area contributed by atoms with Crippen LogP contribution in [-0.2, 0) is 19.1 Å². The van der Waals surface area contributed by atoms with Crippen molar-refractivity contribution in [3.05, 3.63) is 65.7 Å². The Labute approximate surface area is 245 Å². The number of aryl methyl sites for hydroxylation is 2. The lowest BCUT2D eigenvalue weighted by Crippen LogP contribution is -2.58. The van der Waals surface area contributed by atoms with E-state index in [9.17, 15) is 14.4 Å². The zero-order valence-corrected chi connectivity index (χ0v) is 24.0. The Morgan fingerprint density at radius 3 is 2.50 bits per heavy atom. The van der Waals surface area contributed by atoms with Gasteiger partial charge >= 0.3 is 0 Å². The molecule has 9 heteroatoms. The van der Waals surface area contributed by atoms with Crippen LogP contribution >= 0.6 is 0 Å². The van der Waals surface area contributed by atoms with Gasteiger partial charge in [0, 0.05) is 11.7 Å². The van der Waals surface area contributed by atoms with Crippen LogP contribution in [0.1, 0.15) is 43.2 Å². The highest BCUT2D eigenvalue weighted by Gasteiger charge is 2.73. The summed E-state index contributed by atoms with van der Waals surface area (Å²) in [5.41, 5.74) is 1.52. The molecule has 5 aliphatic rings. The topological polar surface area (TPSA) is 106 Å². The third kappa shape index (κ3) is 4.54. The third-order valence-corrected chi connectivity index (χ3v) is 9.33. The number of likely N-dealkylation sites (tertiary alicyclic amines) is 1. The van der Waals surface area contributed by atoms with Gasteiger partial charge in [-0.05, 0) is 62.1 Å². The first kappa shape index (κ1) is 27.0. The van der Waals surface area contributed by atoms with E-state index >= 15 is 0 Å². The molecule has 0 radical (unpaired) electrons. The standard InChI is InChI=1S/C33H37N3O6/c1-19-14-20(2)16-22(15-19)35-30(37)27-26-12-13-33(42-26)28(27)32(39)36(29(33)31(38)34-21-8-4-3-5-9-21)17-23-18-40-24-10-6-7-11-25(24)41-23/h6-7,10-16,21,23,26-29H,3-5,8-9,17-18H2,1-2H3,(H,34,38)(H,35,37). The smallest absolute Gasteiger partial charge is 0.246 e. The minimum Gasteiger partial charge on any atom is -0.486 e. The van der Waals surface area contributed by atoms with Gasteiger partial charge in [-0.1, -0.05) is 49.6 Å². The maximum atomic E-state index is 14.3. The number of hydrogen-bond acceptors (Lipinski definition) is 6. The molecule has 2 saturated heterocycles. The normalized spacial score (nSPS) is 31.2. The van der Waals surface area contributed by atoms with Gasteiger partial charge in [0.15, 0.2) is 17.6 Å². The van der Waals surface area contributed by atoms with E-state index in [0.717, 1.165) is 43.2 Å². The Balaban J connectivity index is 1.19. The van der Waals surface area contributed by atoms with E-state index in [2.05, 4.69) is 10.6 Å². The lowest BCUT2D eigenvalue weighted by atomic mass is 9.74. The minimum atomic E-state index is -1.22. The highest BCUT2D eigenvalue weighted by molar-refractivity contribution is 6.02. The minimum absolute atomic E-state index is 0.0611. The van der Waals surface area contributed by atoms with Crippen LogP contribution in [0, 0.1) is 25.7 Å². The predicted molar refractivity (Wildman–Crippen MR) is 155 cm³/mol. The van der Waals surface area contributed by atoms with E-state index in [1.54, 1.807) is 4.90 Å². The van der Waals surface area contributed by atoms with Gasteiger partial charge in [0.1, 0.15) is 18.2 Å². The Bertz CT molecular complexity index is 1430. The number of rotatable bonds is 6. The van der Waals surface area contributed by atoms with Crippen LogP contribution in [0.2, 0.25) is 0 Å². The van der Waals surface area contributed by atoms with E-state index in [1.807, 2.05) is 68.5 Å². The molecule has 6 unspecified atom stereocenters. The molecule has 2 N–H and O–H groups in total. The average molecular weight is 572 g/mol. The number of benzene rings is 2. The second kappa shape index (κ2) is 10.5. The summed E-state index contributed by atoms with van der Waals surface area (Å²) in [6.45, 7) is 4.33. The van der Waals surface area contributed by atoms with Crippen molar-refractivity contribution in [2.75, 3.05) is 18.5 Å². The van der Waals surface area contributed by atoms with Crippen molar-refractivity contribution >= 4 is 23.4 Å². The summed E-state index contributed by atoms with van der Waals surface area (Å²) in [5.74, 6) is -1.13. The number of hydrogen-bond donors (Lipinski definition) is 2. The number of nitrogens with zero attached hydrogens (tertiary/aromatic N) is 1. The summed E-state index contributed by atoms with van der Waals surface area (Å²) in [5, 5.41) is 6.26. The van der Waals surface area contributed by atoms with E-state index < -0.39 is 35.7 Å². The zero-order chi connectivity index (χ0) is 29.0. The van der Waals surface area contributed by atoms with Crippen LogP contribution in [-0.4, -0.2) is 65.7 Å². The average Bonchev–Trinajstić information content (AvgIpc) is 3.60. The van der Waals surface area contributed by atoms with Crippen molar-refractivity contribution in [3.63, 3.8) is 0 Å². The van der Waals surface area contributed by atoms with Crippen LogP contribution < -0.4 is 20.1 Å². The van der Waals surface area contributed by atoms with Gasteiger partial charge in [0.05, 0.1) is 24.5 Å². The summed E-state index contributed by atoms with van der Waals surface area (Å²) in [4.78, 5) is 43.8. The fraction of sp³-hybridized carbons (Fsp3) is 0.485. The molecule has 1 aliphatic carbocycles. The maximum Gasteiger partial charge on any atom is 0.246 e. The summed E-state index contributed by atoms with van der Waals surface area (Å²) in [6, 6.07) is 12.4. The van der Waals surface area contributed by atoms with Gasteiger partial charge in [-0.15, -0.1) is 0 Å². The summed E-state index contributed by atoms with van der Waals surface area (Å²) in [6.07, 6.45) is 7.76. The van der Waals surface area contributed by atoms with E-state index in [1.165, 1.54) is 0 Å². The van der Waals surface area contributed by atoms with Crippen LogP contribution in [0.25, 0.3) is 0 Å². The molecule has 2 aromatic rings. The quantitative estimate of drug-likeness (QED) is 0.513. The highest BCUT2D eigenvalue weighted by Crippen LogP contribution is 2.55. The first-order valence-electron chi connectivity index (χ1n) is 15.1. The van der Waals surface area contributed by atoms with Gasteiger partial charge in [-0.3, -0.25) is 14.4 Å². The van der Waals surface area contributed by atoms with Crippen LogP contribution in [0.3, 0.4) is 0 Å². The number of nitrogens with one attached hydrogen (secondary N) is 2. The molecule has 6 atom stereocenters. The van der Waals surface area contributed by atoms with Gasteiger partial charge < -0.3 is 29.7 Å². The number of anilines is 1. The van der Waals surface area contributed by atoms with E-state index in [4.69, 9.17) is 14.2 Å². The Morgan fingerprint density at radius 2 is 1.74 bits per heavy atom. The first-order chi connectivity index (χ1) is 20.3. The molecule has 9 nitrogen and oxygen atoms in total. The molecule has 2 aromatic carbocycles. The second-order valence-corrected chi connectivity index (χ2v) is 12.4. The molecular formula is C33H37N3O6. The second-order valence-electron chi connectivity index (χ2n) is 12.4. The van der Waals surface area contributed by atoms with Crippen molar-refractivity contribution in [3.8, 4) is 11.5 Å². The molecule has 3 amide bonds. The number of para-hydroxylation sites is 2. The van der Waals surface area contributed by atoms with Gasteiger partial charge in [-0.2, -0.15) is 0 Å². The lowest BCUT2D eigenvalue weighted by Gasteiger charge is -2.36. The molecule has 4 heterocycles. The summed E-state index contributed by atoms with van der Waals surface area (Å²) < 4.78 is 18.6. The number of carbonyl (C=O) groups is 3. The maximum absolute atomic E-state index is 14.3. The van der Waals surface area contributed by atoms with Crippen LogP contribution in [0.4, 0.5) is 5.69 Å². The highest BCUT2D eigenvalue weighted by atomic mass is 16.6. The summed E-state index contributed by atoms with van der Waals surface area (Å²) >= 11 is 0. The number of amides is 3. The zero-order valence-electron chi connectivity index (χ0n) is 24.0. The molecule has 1 spiro atoms. The SMILES string of the molecule is Cc1cc(C)cc(NC(=O)C2C3C=CC4(O3)C2C(=O)N(CC2COc3ccccc3O2)C4C(=O)NC2CCCCC2)c1. The van der Waals surface area contributed by atoms with Crippen LogP contribution in [0.5, 0.6) is 11.5 Å². The number of ether oxygens (including phenoxy) is 3.